The number of hydrogen-bond donors (Lipinski definition) is 1. The van der Waals surface area contributed by atoms with Crippen LogP contribution in [0.25, 0.3) is 5.52 Å². The molecule has 2 aromatic heterocycles. The molecule has 0 bridgehead atoms. The molecule has 2 aromatic rings. The summed E-state index contributed by atoms with van der Waals surface area (Å²) in [6.45, 7) is 1.32. The maximum atomic E-state index is 12.5. The number of morpholine rings is 1. The highest BCUT2D eigenvalue weighted by molar-refractivity contribution is 5.95. The summed E-state index contributed by atoms with van der Waals surface area (Å²) in [6, 6.07) is 3.31. The van der Waals surface area contributed by atoms with Crippen LogP contribution >= 0.6 is 0 Å². The molecule has 1 N–H and O–H groups in total. The van der Waals surface area contributed by atoms with Crippen LogP contribution < -0.4 is 0 Å². The van der Waals surface area contributed by atoms with E-state index in [4.69, 9.17) is 4.74 Å². The summed E-state index contributed by atoms with van der Waals surface area (Å²) in [7, 11) is 0. The zero-order chi connectivity index (χ0) is 13.2. The van der Waals surface area contributed by atoms with Crippen molar-refractivity contribution < 1.29 is 14.6 Å². The Hall–Kier alpha value is -1.92. The second kappa shape index (κ2) is 4.99. The van der Waals surface area contributed by atoms with Gasteiger partial charge in [-0.25, -0.2) is 4.98 Å². The van der Waals surface area contributed by atoms with Crippen molar-refractivity contribution in [2.45, 2.75) is 6.04 Å². The number of nitrogens with zero attached hydrogens (tertiary/aromatic N) is 3. The van der Waals surface area contributed by atoms with Gasteiger partial charge < -0.3 is 19.1 Å². The molecule has 0 radical (unpaired) electrons. The lowest BCUT2D eigenvalue weighted by atomic mass is 10.1. The molecule has 100 valence electrons. The van der Waals surface area contributed by atoms with Gasteiger partial charge in [0, 0.05) is 18.3 Å². The number of ether oxygens (including phenoxy) is 1. The zero-order valence-corrected chi connectivity index (χ0v) is 10.4. The maximum Gasteiger partial charge on any atom is 0.254 e. The van der Waals surface area contributed by atoms with E-state index < -0.39 is 0 Å². The Morgan fingerprint density at radius 2 is 2.47 bits per heavy atom. The molecular weight excluding hydrogens is 246 g/mol. The molecule has 1 saturated heterocycles. The molecular formula is C13H15N3O3. The molecule has 1 fully saturated rings. The van der Waals surface area contributed by atoms with Gasteiger partial charge in [0.2, 0.25) is 0 Å². The number of carbonyl (C=O) groups is 1. The minimum atomic E-state index is -0.262. The Balaban J connectivity index is 1.89. The summed E-state index contributed by atoms with van der Waals surface area (Å²) in [4.78, 5) is 18.2. The Morgan fingerprint density at radius 1 is 1.58 bits per heavy atom. The minimum Gasteiger partial charge on any atom is -0.394 e. The number of aliphatic hydroxyl groups excluding tert-OH is 1. The van der Waals surface area contributed by atoms with Crippen LogP contribution in [0.4, 0.5) is 0 Å². The van der Waals surface area contributed by atoms with E-state index in [2.05, 4.69) is 4.98 Å². The van der Waals surface area contributed by atoms with Gasteiger partial charge >= 0.3 is 0 Å². The molecule has 0 spiro atoms. The van der Waals surface area contributed by atoms with E-state index in [1.54, 1.807) is 29.6 Å². The van der Waals surface area contributed by atoms with Gasteiger partial charge in [-0.2, -0.15) is 0 Å². The molecule has 19 heavy (non-hydrogen) atoms. The number of hydrogen-bond acceptors (Lipinski definition) is 4. The Bertz CT molecular complexity index is 596. The fourth-order valence-electron chi connectivity index (χ4n) is 2.29. The molecule has 1 amide bonds. The third-order valence-electron chi connectivity index (χ3n) is 3.36. The molecule has 6 nitrogen and oxygen atoms in total. The lowest BCUT2D eigenvalue weighted by molar-refractivity contribution is -0.0183. The average Bonchev–Trinajstić information content (AvgIpc) is 2.93. The van der Waals surface area contributed by atoms with Crippen molar-refractivity contribution in [1.82, 2.24) is 14.3 Å². The number of aromatic nitrogens is 2. The highest BCUT2D eigenvalue weighted by Crippen LogP contribution is 2.14. The lowest BCUT2D eigenvalue weighted by Crippen LogP contribution is -2.50. The summed E-state index contributed by atoms with van der Waals surface area (Å²) >= 11 is 0. The van der Waals surface area contributed by atoms with Crippen LogP contribution in [0.2, 0.25) is 0 Å². The zero-order valence-electron chi connectivity index (χ0n) is 10.4. The van der Waals surface area contributed by atoms with Crippen molar-refractivity contribution in [2.24, 2.45) is 0 Å². The largest absolute Gasteiger partial charge is 0.394 e. The van der Waals surface area contributed by atoms with Crippen molar-refractivity contribution in [3.8, 4) is 0 Å². The smallest absolute Gasteiger partial charge is 0.254 e. The molecule has 3 heterocycles. The van der Waals surface area contributed by atoms with Crippen LogP contribution in [0.5, 0.6) is 0 Å². The number of pyridine rings is 1. The monoisotopic (exact) mass is 261 g/mol. The fraction of sp³-hybridized carbons (Fsp3) is 0.385. The molecule has 1 unspecified atom stereocenters. The topological polar surface area (TPSA) is 67.1 Å². The molecule has 0 saturated carbocycles. The van der Waals surface area contributed by atoms with Crippen LogP contribution in [0.1, 0.15) is 10.4 Å². The van der Waals surface area contributed by atoms with E-state index in [1.807, 2.05) is 10.6 Å². The third kappa shape index (κ3) is 2.20. The molecule has 0 aromatic carbocycles. The standard InChI is InChI=1S/C13H15N3O3/c17-7-12-8-19-4-3-16(12)13(18)10-1-2-15-9-14-6-11(15)5-10/h1-2,5-6,9,12,17H,3-4,7-8H2. The molecule has 0 aliphatic carbocycles. The predicted molar refractivity (Wildman–Crippen MR) is 67.9 cm³/mol. The van der Waals surface area contributed by atoms with Crippen LogP contribution in [0.15, 0.2) is 30.9 Å². The van der Waals surface area contributed by atoms with Gasteiger partial charge in [0.15, 0.2) is 0 Å². The summed E-state index contributed by atoms with van der Waals surface area (Å²) in [5.41, 5.74) is 1.48. The number of fused-ring (bicyclic) bond motifs is 1. The van der Waals surface area contributed by atoms with Crippen molar-refractivity contribution >= 4 is 11.4 Å². The Kier molecular flexibility index (Phi) is 3.18. The SMILES string of the molecule is O=C(c1ccn2cncc2c1)N1CCOCC1CO. The lowest BCUT2D eigenvalue weighted by Gasteiger charge is -2.34. The van der Waals surface area contributed by atoms with Crippen molar-refractivity contribution in [3.63, 3.8) is 0 Å². The number of imidazole rings is 1. The number of rotatable bonds is 2. The molecule has 1 aliphatic rings. The summed E-state index contributed by atoms with van der Waals surface area (Å²) < 4.78 is 7.13. The molecule has 1 atom stereocenters. The van der Waals surface area contributed by atoms with E-state index in [0.29, 0.717) is 25.3 Å². The number of amides is 1. The molecule has 3 rings (SSSR count). The molecule has 6 heteroatoms. The first-order chi connectivity index (χ1) is 9.29. The second-order valence-electron chi connectivity index (χ2n) is 4.55. The summed E-state index contributed by atoms with van der Waals surface area (Å²) in [6.07, 6.45) is 5.21. The van der Waals surface area contributed by atoms with Gasteiger partial charge in [-0.3, -0.25) is 4.79 Å². The third-order valence-corrected chi connectivity index (χ3v) is 3.36. The quantitative estimate of drug-likeness (QED) is 0.836. The van der Waals surface area contributed by atoms with Gasteiger partial charge in [0.25, 0.3) is 5.91 Å². The van der Waals surface area contributed by atoms with Crippen LogP contribution in [0.3, 0.4) is 0 Å². The maximum absolute atomic E-state index is 12.5. The highest BCUT2D eigenvalue weighted by atomic mass is 16.5. The van der Waals surface area contributed by atoms with Crippen LogP contribution in [-0.2, 0) is 4.74 Å². The normalized spacial score (nSPS) is 19.8. The van der Waals surface area contributed by atoms with Crippen molar-refractivity contribution in [2.75, 3.05) is 26.4 Å². The first kappa shape index (κ1) is 12.1. The fourth-order valence-corrected chi connectivity index (χ4v) is 2.29. The van der Waals surface area contributed by atoms with E-state index in [9.17, 15) is 9.90 Å². The Morgan fingerprint density at radius 3 is 3.32 bits per heavy atom. The van der Waals surface area contributed by atoms with Gasteiger partial charge in [-0.05, 0) is 12.1 Å². The van der Waals surface area contributed by atoms with Gasteiger partial charge in [0.05, 0.1) is 43.9 Å². The van der Waals surface area contributed by atoms with Crippen molar-refractivity contribution in [1.29, 1.82) is 0 Å². The van der Waals surface area contributed by atoms with E-state index in [1.165, 1.54) is 0 Å². The van der Waals surface area contributed by atoms with E-state index >= 15 is 0 Å². The van der Waals surface area contributed by atoms with E-state index in [-0.39, 0.29) is 18.6 Å². The predicted octanol–water partition coefficient (Wildman–Crippen LogP) is 0.168. The van der Waals surface area contributed by atoms with Crippen LogP contribution in [-0.4, -0.2) is 57.7 Å². The summed E-state index contributed by atoms with van der Waals surface area (Å²) in [5.74, 6) is -0.0777. The first-order valence-electron chi connectivity index (χ1n) is 6.21. The highest BCUT2D eigenvalue weighted by Gasteiger charge is 2.27. The minimum absolute atomic E-state index is 0.0777. The average molecular weight is 261 g/mol. The second-order valence-corrected chi connectivity index (χ2v) is 4.55. The summed E-state index contributed by atoms with van der Waals surface area (Å²) in [5, 5.41) is 9.31. The first-order valence-corrected chi connectivity index (χ1v) is 6.21. The van der Waals surface area contributed by atoms with Gasteiger partial charge in [-0.1, -0.05) is 0 Å². The van der Waals surface area contributed by atoms with Crippen LogP contribution in [0, 0.1) is 0 Å². The van der Waals surface area contributed by atoms with Gasteiger partial charge in [-0.15, -0.1) is 0 Å². The number of carbonyl (C=O) groups excluding carboxylic acids is 1. The van der Waals surface area contributed by atoms with Crippen molar-refractivity contribution in [3.05, 3.63) is 36.4 Å². The van der Waals surface area contributed by atoms with E-state index in [0.717, 1.165) is 5.52 Å². The number of aliphatic hydroxyl groups is 1. The van der Waals surface area contributed by atoms with Gasteiger partial charge in [0.1, 0.15) is 0 Å². The molecule has 1 aliphatic heterocycles. The Labute approximate surface area is 110 Å².